The van der Waals surface area contributed by atoms with Gasteiger partial charge in [0.25, 0.3) is 0 Å². The summed E-state index contributed by atoms with van der Waals surface area (Å²) < 4.78 is 160. The molecule has 0 aromatic carbocycles. The number of esters is 1. The molecule has 0 amide bonds. The lowest BCUT2D eigenvalue weighted by Crippen LogP contribution is -2.62. The molecule has 0 radical (unpaired) electrons. The van der Waals surface area contributed by atoms with Crippen LogP contribution < -0.4 is 0 Å². The van der Waals surface area contributed by atoms with Crippen LogP contribution in [0.15, 0.2) is 11.6 Å². The summed E-state index contributed by atoms with van der Waals surface area (Å²) in [4.78, 5) is 12.1. The van der Waals surface area contributed by atoms with Gasteiger partial charge in [-0.1, -0.05) is 32.4 Å². The third-order valence-electron chi connectivity index (χ3n) is 4.05. The maximum absolute atomic E-state index is 13.7. The van der Waals surface area contributed by atoms with Crippen LogP contribution in [0.5, 0.6) is 0 Å². The van der Waals surface area contributed by atoms with Crippen molar-refractivity contribution in [3.8, 4) is 0 Å². The van der Waals surface area contributed by atoms with Crippen molar-refractivity contribution in [2.24, 2.45) is 10.8 Å². The summed E-state index contributed by atoms with van der Waals surface area (Å²) in [6.07, 6.45) is -12.4. The van der Waals surface area contributed by atoms with Crippen molar-refractivity contribution in [1.29, 1.82) is 0 Å². The molecule has 0 heterocycles. The van der Waals surface area contributed by atoms with Gasteiger partial charge in [-0.15, -0.1) is 0 Å². The highest BCUT2D eigenvalue weighted by molar-refractivity contribution is 5.81. The Kier molecular flexibility index (Phi) is 7.38. The maximum Gasteiger partial charge on any atom is 0.460 e. The molecule has 0 N–H and O–H groups in total. The molecule has 14 heteroatoms. The Morgan fingerprint density at radius 1 is 0.733 bits per heavy atom. The summed E-state index contributed by atoms with van der Waals surface area (Å²) in [5.74, 6) is -23.3. The van der Waals surface area contributed by atoms with Gasteiger partial charge >= 0.3 is 36.1 Å². The van der Waals surface area contributed by atoms with Crippen LogP contribution in [-0.4, -0.2) is 42.7 Å². The van der Waals surface area contributed by atoms with Crippen LogP contribution in [0, 0.1) is 10.8 Å². The second-order valence-corrected chi connectivity index (χ2v) is 7.70. The smallest absolute Gasteiger partial charge is 0.458 e. The van der Waals surface area contributed by atoms with Crippen molar-refractivity contribution in [1.82, 2.24) is 0 Å². The molecule has 0 aliphatic heterocycles. The molecule has 0 saturated carbocycles. The van der Waals surface area contributed by atoms with Gasteiger partial charge in [0.05, 0.1) is 0 Å². The lowest BCUT2D eigenvalue weighted by Gasteiger charge is -2.42. The van der Waals surface area contributed by atoms with Crippen molar-refractivity contribution in [3.63, 3.8) is 0 Å². The predicted molar refractivity (Wildman–Crippen MR) is 79.2 cm³/mol. The number of alkyl halides is 12. The molecule has 0 aliphatic carbocycles. The fourth-order valence-corrected chi connectivity index (χ4v) is 2.41. The van der Waals surface area contributed by atoms with E-state index in [2.05, 4.69) is 4.74 Å². The van der Waals surface area contributed by atoms with Gasteiger partial charge in [0.2, 0.25) is 0 Å². The van der Waals surface area contributed by atoms with Gasteiger partial charge in [0.15, 0.2) is 12.0 Å². The zero-order valence-corrected chi connectivity index (χ0v) is 16.1. The highest BCUT2D eigenvalue weighted by Crippen LogP contribution is 2.55. The third-order valence-corrected chi connectivity index (χ3v) is 4.05. The SMILES string of the molecule is CC(C)=CC(C(=O)OCC(F)(F)C(F)(F)C(F)(F)C(F)(F)F)(C(C)(C)C)C(F)(F)F. The first-order valence-electron chi connectivity index (χ1n) is 7.90. The Labute approximate surface area is 163 Å². The number of ether oxygens (including phenoxy) is 1. The Morgan fingerprint density at radius 3 is 1.40 bits per heavy atom. The Hall–Kier alpha value is -1.63. The van der Waals surface area contributed by atoms with Crippen molar-refractivity contribution < 1.29 is 62.2 Å². The predicted octanol–water partition coefficient (Wildman–Crippen LogP) is 6.56. The normalized spacial score (nSPS) is 16.7. The third kappa shape index (κ3) is 4.66. The molecule has 0 aliphatic rings. The monoisotopic (exact) mass is 470 g/mol. The molecule has 0 fully saturated rings. The minimum Gasteiger partial charge on any atom is -0.458 e. The van der Waals surface area contributed by atoms with Gasteiger partial charge in [-0.2, -0.15) is 52.7 Å². The van der Waals surface area contributed by atoms with Crippen LogP contribution in [-0.2, 0) is 9.53 Å². The van der Waals surface area contributed by atoms with E-state index < -0.39 is 53.5 Å². The fourth-order valence-electron chi connectivity index (χ4n) is 2.41. The van der Waals surface area contributed by atoms with Crippen LogP contribution in [0.2, 0.25) is 0 Å². The van der Waals surface area contributed by atoms with Gasteiger partial charge in [-0.25, -0.2) is 0 Å². The number of carbonyl (C=O) groups is 1. The van der Waals surface area contributed by atoms with E-state index in [-0.39, 0.29) is 11.6 Å². The molecular weight excluding hydrogens is 452 g/mol. The lowest BCUT2D eigenvalue weighted by atomic mass is 9.65. The first kappa shape index (κ1) is 28.4. The highest BCUT2D eigenvalue weighted by atomic mass is 19.4. The standard InChI is InChI=1S/C16H18F12O2/c1-8(2)6-11(10(3,4)5,15(23,24)25)9(29)30-7-12(17,18)13(19,20)14(21,22)16(26,27)28/h6H,7H2,1-5H3. The molecule has 1 atom stereocenters. The van der Waals surface area contributed by atoms with Crippen LogP contribution in [0.25, 0.3) is 0 Å². The molecule has 0 spiro atoms. The zero-order chi connectivity index (χ0) is 24.8. The quantitative estimate of drug-likeness (QED) is 0.250. The first-order chi connectivity index (χ1) is 12.8. The van der Waals surface area contributed by atoms with E-state index >= 15 is 0 Å². The summed E-state index contributed by atoms with van der Waals surface area (Å²) in [6, 6.07) is 0. The summed E-state index contributed by atoms with van der Waals surface area (Å²) in [5, 5.41) is 0. The molecule has 178 valence electrons. The summed E-state index contributed by atoms with van der Waals surface area (Å²) in [6.45, 7) is 1.47. The molecule has 0 rings (SSSR count). The number of hydrogen-bond donors (Lipinski definition) is 0. The second kappa shape index (κ2) is 7.81. The van der Waals surface area contributed by atoms with Crippen molar-refractivity contribution >= 4 is 5.97 Å². The van der Waals surface area contributed by atoms with E-state index in [9.17, 15) is 57.5 Å². The largest absolute Gasteiger partial charge is 0.460 e. The minimum absolute atomic E-state index is 0.181. The minimum atomic E-state index is -7.26. The molecular formula is C16H18F12O2. The average molecular weight is 470 g/mol. The van der Waals surface area contributed by atoms with E-state index in [4.69, 9.17) is 0 Å². The molecule has 0 bridgehead atoms. The van der Waals surface area contributed by atoms with Gasteiger partial charge in [-0.05, 0) is 19.3 Å². The summed E-state index contributed by atoms with van der Waals surface area (Å²) in [7, 11) is 0. The summed E-state index contributed by atoms with van der Waals surface area (Å²) in [5.41, 5.74) is -6.04. The zero-order valence-electron chi connectivity index (χ0n) is 16.1. The van der Waals surface area contributed by atoms with E-state index in [1.807, 2.05) is 0 Å². The molecule has 1 unspecified atom stereocenters. The number of carbonyl (C=O) groups excluding carboxylic acids is 1. The molecule has 0 aromatic heterocycles. The van der Waals surface area contributed by atoms with Crippen molar-refractivity contribution in [2.75, 3.05) is 6.61 Å². The van der Waals surface area contributed by atoms with Crippen molar-refractivity contribution in [2.45, 2.75) is 64.7 Å². The van der Waals surface area contributed by atoms with E-state index in [1.54, 1.807) is 0 Å². The van der Waals surface area contributed by atoms with Crippen LogP contribution in [0.4, 0.5) is 52.7 Å². The number of hydrogen-bond acceptors (Lipinski definition) is 2. The second-order valence-electron chi connectivity index (χ2n) is 7.70. The highest BCUT2D eigenvalue weighted by Gasteiger charge is 2.82. The maximum atomic E-state index is 13.7. The van der Waals surface area contributed by atoms with Crippen molar-refractivity contribution in [3.05, 3.63) is 11.6 Å². The number of allylic oxidation sites excluding steroid dienone is 1. The van der Waals surface area contributed by atoms with E-state index in [1.165, 1.54) is 0 Å². The van der Waals surface area contributed by atoms with Gasteiger partial charge in [0, 0.05) is 0 Å². The fraction of sp³-hybridized carbons (Fsp3) is 0.812. The molecule has 0 saturated heterocycles. The Balaban J connectivity index is 6.23. The van der Waals surface area contributed by atoms with Crippen LogP contribution in [0.1, 0.15) is 34.6 Å². The first-order valence-corrected chi connectivity index (χ1v) is 7.90. The van der Waals surface area contributed by atoms with Gasteiger partial charge in [0.1, 0.15) is 0 Å². The summed E-state index contributed by atoms with van der Waals surface area (Å²) >= 11 is 0. The topological polar surface area (TPSA) is 26.3 Å². The Bertz CT molecular complexity index is 647. The van der Waals surface area contributed by atoms with Gasteiger partial charge < -0.3 is 4.74 Å². The number of rotatable bonds is 6. The molecule has 2 nitrogen and oxygen atoms in total. The Morgan fingerprint density at radius 2 is 1.13 bits per heavy atom. The van der Waals surface area contributed by atoms with Crippen LogP contribution in [0.3, 0.4) is 0 Å². The van der Waals surface area contributed by atoms with Gasteiger partial charge in [-0.3, -0.25) is 4.79 Å². The molecule has 0 aromatic rings. The van der Waals surface area contributed by atoms with E-state index in [0.717, 1.165) is 34.6 Å². The van der Waals surface area contributed by atoms with Crippen LogP contribution >= 0.6 is 0 Å². The lowest BCUT2D eigenvalue weighted by molar-refractivity contribution is -0.399. The molecule has 30 heavy (non-hydrogen) atoms. The average Bonchev–Trinajstić information content (AvgIpc) is 2.46. The van der Waals surface area contributed by atoms with E-state index in [0.29, 0.717) is 0 Å². The number of halogens is 12.